The molecule has 2 heterocycles. The molecule has 1 aliphatic rings. The maximum absolute atomic E-state index is 9.23. The second-order valence-corrected chi connectivity index (χ2v) is 7.31. The molecule has 0 N–H and O–H groups in total. The van der Waals surface area contributed by atoms with Crippen LogP contribution < -0.4 is 4.90 Å². The number of piperazine rings is 1. The largest absolute Gasteiger partial charge is 0.367 e. The van der Waals surface area contributed by atoms with Crippen LogP contribution in [0, 0.1) is 11.3 Å². The first kappa shape index (κ1) is 15.2. The van der Waals surface area contributed by atoms with Crippen molar-refractivity contribution >= 4 is 27.1 Å². The molecule has 4 rings (SSSR count). The van der Waals surface area contributed by atoms with Gasteiger partial charge in [-0.2, -0.15) is 5.26 Å². The summed E-state index contributed by atoms with van der Waals surface area (Å²) in [5, 5.41) is 10.6. The van der Waals surface area contributed by atoms with Crippen molar-refractivity contribution in [2.75, 3.05) is 38.1 Å². The van der Waals surface area contributed by atoms with Crippen molar-refractivity contribution in [3.8, 4) is 16.5 Å². The predicted octanol–water partition coefficient (Wildman–Crippen LogP) is 4.19. The first-order chi connectivity index (χ1) is 11.8. The van der Waals surface area contributed by atoms with Crippen LogP contribution in [-0.2, 0) is 0 Å². The van der Waals surface area contributed by atoms with Gasteiger partial charge in [-0.25, -0.2) is 0 Å². The van der Waals surface area contributed by atoms with Crippen molar-refractivity contribution in [1.82, 2.24) is 4.90 Å². The van der Waals surface area contributed by atoms with Crippen LogP contribution in [0.25, 0.3) is 20.5 Å². The topological polar surface area (TPSA) is 30.3 Å². The molecule has 1 aromatic heterocycles. The molecule has 0 unspecified atom stereocenters. The highest BCUT2D eigenvalue weighted by Gasteiger charge is 2.22. The van der Waals surface area contributed by atoms with Gasteiger partial charge in [0.2, 0.25) is 0 Å². The Kier molecular flexibility index (Phi) is 3.97. The highest BCUT2D eigenvalue weighted by Crippen LogP contribution is 2.45. The smallest absolute Gasteiger partial charge is 0.0991 e. The standard InChI is InChI=1S/C20H19N3S/c1-22-9-11-23(12-10-22)19-17-7-2-3-8-18(17)24-20(19)16-6-4-5-15(13-16)14-21/h2-8,13H,9-12H2,1H3. The molecule has 0 aliphatic carbocycles. The summed E-state index contributed by atoms with van der Waals surface area (Å²) < 4.78 is 1.31. The minimum absolute atomic E-state index is 0.717. The van der Waals surface area contributed by atoms with Gasteiger partial charge in [0.1, 0.15) is 0 Å². The third kappa shape index (κ3) is 2.66. The van der Waals surface area contributed by atoms with Crippen molar-refractivity contribution in [2.24, 2.45) is 0 Å². The molecule has 2 aromatic carbocycles. The minimum atomic E-state index is 0.717. The molecule has 0 amide bonds. The minimum Gasteiger partial charge on any atom is -0.367 e. The second kappa shape index (κ2) is 6.27. The fraction of sp³-hybridized carbons (Fsp3) is 0.250. The molecule has 3 nitrogen and oxygen atoms in total. The maximum atomic E-state index is 9.23. The van der Waals surface area contributed by atoms with Gasteiger partial charge >= 0.3 is 0 Å². The summed E-state index contributed by atoms with van der Waals surface area (Å²) in [6.07, 6.45) is 0. The summed E-state index contributed by atoms with van der Waals surface area (Å²) in [4.78, 5) is 6.16. The van der Waals surface area contributed by atoms with E-state index in [2.05, 4.69) is 53.2 Å². The van der Waals surface area contributed by atoms with Crippen molar-refractivity contribution in [2.45, 2.75) is 0 Å². The van der Waals surface area contributed by atoms with Gasteiger partial charge in [0, 0.05) is 36.3 Å². The van der Waals surface area contributed by atoms with Crippen molar-refractivity contribution in [3.63, 3.8) is 0 Å². The number of hydrogen-bond acceptors (Lipinski definition) is 4. The third-order valence-corrected chi connectivity index (χ3v) is 5.85. The van der Waals surface area contributed by atoms with E-state index in [9.17, 15) is 5.26 Å². The highest BCUT2D eigenvalue weighted by atomic mass is 32.1. The number of anilines is 1. The SMILES string of the molecule is CN1CCN(c2c(-c3cccc(C#N)c3)sc3ccccc23)CC1. The molecular weight excluding hydrogens is 314 g/mol. The zero-order chi connectivity index (χ0) is 16.5. The molecule has 4 heteroatoms. The Morgan fingerprint density at radius 3 is 2.58 bits per heavy atom. The maximum Gasteiger partial charge on any atom is 0.0991 e. The zero-order valence-corrected chi connectivity index (χ0v) is 14.5. The van der Waals surface area contributed by atoms with Crippen LogP contribution in [0.4, 0.5) is 5.69 Å². The van der Waals surface area contributed by atoms with E-state index in [1.54, 1.807) is 0 Å². The normalized spacial score (nSPS) is 15.6. The molecular formula is C20H19N3S. The van der Waals surface area contributed by atoms with Crippen LogP contribution in [0.2, 0.25) is 0 Å². The van der Waals surface area contributed by atoms with Crippen LogP contribution in [-0.4, -0.2) is 38.1 Å². The summed E-state index contributed by atoms with van der Waals surface area (Å²) in [6, 6.07) is 18.9. The van der Waals surface area contributed by atoms with Crippen LogP contribution in [0.15, 0.2) is 48.5 Å². The van der Waals surface area contributed by atoms with Gasteiger partial charge in [0.15, 0.2) is 0 Å². The van der Waals surface area contributed by atoms with Gasteiger partial charge in [-0.15, -0.1) is 11.3 Å². The Labute approximate surface area is 146 Å². The summed E-state index contributed by atoms with van der Waals surface area (Å²) in [5.41, 5.74) is 3.19. The Morgan fingerprint density at radius 1 is 1.00 bits per heavy atom. The van der Waals surface area contributed by atoms with Gasteiger partial charge in [0.25, 0.3) is 0 Å². The van der Waals surface area contributed by atoms with E-state index < -0.39 is 0 Å². The monoisotopic (exact) mass is 333 g/mol. The molecule has 1 aliphatic heterocycles. The van der Waals surface area contributed by atoms with E-state index >= 15 is 0 Å². The molecule has 0 spiro atoms. The zero-order valence-electron chi connectivity index (χ0n) is 13.7. The van der Waals surface area contributed by atoms with Crippen molar-refractivity contribution in [3.05, 3.63) is 54.1 Å². The number of nitriles is 1. The molecule has 1 saturated heterocycles. The molecule has 24 heavy (non-hydrogen) atoms. The number of fused-ring (bicyclic) bond motifs is 1. The lowest BCUT2D eigenvalue weighted by atomic mass is 10.1. The summed E-state index contributed by atoms with van der Waals surface area (Å²) >= 11 is 1.83. The number of hydrogen-bond donors (Lipinski definition) is 0. The first-order valence-electron chi connectivity index (χ1n) is 8.22. The number of nitrogens with zero attached hydrogens (tertiary/aromatic N) is 3. The van der Waals surface area contributed by atoms with Gasteiger partial charge in [-0.05, 0) is 30.8 Å². The van der Waals surface area contributed by atoms with E-state index in [0.29, 0.717) is 5.56 Å². The molecule has 120 valence electrons. The van der Waals surface area contributed by atoms with Gasteiger partial charge in [0.05, 0.1) is 22.2 Å². The van der Waals surface area contributed by atoms with Crippen LogP contribution in [0.3, 0.4) is 0 Å². The number of benzene rings is 2. The molecule has 0 atom stereocenters. The van der Waals surface area contributed by atoms with Crippen LogP contribution in [0.5, 0.6) is 0 Å². The average Bonchev–Trinajstić information content (AvgIpc) is 3.02. The first-order valence-corrected chi connectivity index (χ1v) is 9.03. The summed E-state index contributed by atoms with van der Waals surface area (Å²) in [5.74, 6) is 0. The quantitative estimate of drug-likeness (QED) is 0.704. The van der Waals surface area contributed by atoms with Gasteiger partial charge in [-0.3, -0.25) is 0 Å². The lowest BCUT2D eigenvalue weighted by Crippen LogP contribution is -2.44. The Morgan fingerprint density at radius 2 is 1.79 bits per heavy atom. The van der Waals surface area contributed by atoms with Gasteiger partial charge < -0.3 is 9.80 Å². The lowest BCUT2D eigenvalue weighted by Gasteiger charge is -2.34. The average molecular weight is 333 g/mol. The number of thiophene rings is 1. The van der Waals surface area contributed by atoms with E-state index in [1.807, 2.05) is 29.5 Å². The second-order valence-electron chi connectivity index (χ2n) is 6.26. The predicted molar refractivity (Wildman–Crippen MR) is 102 cm³/mol. The molecule has 3 aromatic rings. The highest BCUT2D eigenvalue weighted by molar-refractivity contribution is 7.23. The van der Waals surface area contributed by atoms with E-state index in [4.69, 9.17) is 0 Å². The van der Waals surface area contributed by atoms with Crippen LogP contribution >= 0.6 is 11.3 Å². The van der Waals surface area contributed by atoms with Crippen LogP contribution in [0.1, 0.15) is 5.56 Å². The van der Waals surface area contributed by atoms with Gasteiger partial charge in [-0.1, -0.05) is 30.3 Å². The van der Waals surface area contributed by atoms with E-state index in [0.717, 1.165) is 31.7 Å². The third-order valence-electron chi connectivity index (χ3n) is 4.64. The Balaban J connectivity index is 1.88. The fourth-order valence-electron chi connectivity index (χ4n) is 3.30. The number of likely N-dealkylation sites (N-methyl/N-ethyl adjacent to an activating group) is 1. The van der Waals surface area contributed by atoms with Crippen molar-refractivity contribution in [1.29, 1.82) is 5.26 Å². The molecule has 0 bridgehead atoms. The summed E-state index contributed by atoms with van der Waals surface area (Å²) in [6.45, 7) is 4.26. The van der Waals surface area contributed by atoms with E-state index in [1.165, 1.54) is 20.7 Å². The molecule has 1 fully saturated rings. The lowest BCUT2D eigenvalue weighted by molar-refractivity contribution is 0.313. The fourth-order valence-corrected chi connectivity index (χ4v) is 4.52. The summed E-state index contributed by atoms with van der Waals surface area (Å²) in [7, 11) is 2.18. The number of rotatable bonds is 2. The van der Waals surface area contributed by atoms with Crippen molar-refractivity contribution < 1.29 is 0 Å². The molecule has 0 saturated carbocycles. The Hall–Kier alpha value is -2.35. The van der Waals surface area contributed by atoms with E-state index in [-0.39, 0.29) is 0 Å². The Bertz CT molecular complexity index is 914. The molecule has 0 radical (unpaired) electrons.